The number of aromatic nitrogens is 2. The third-order valence-electron chi connectivity index (χ3n) is 3.21. The number of benzene rings is 1. The molecule has 0 bridgehead atoms. The highest BCUT2D eigenvalue weighted by Crippen LogP contribution is 2.33. The van der Waals surface area contributed by atoms with Crippen molar-refractivity contribution in [2.45, 2.75) is 20.0 Å². The topological polar surface area (TPSA) is 65.4 Å². The van der Waals surface area contributed by atoms with Crippen LogP contribution < -0.4 is 10.2 Å². The monoisotopic (exact) mass is 343 g/mol. The number of aryl methyl sites for hydroxylation is 1. The van der Waals surface area contributed by atoms with Crippen LogP contribution in [0.1, 0.15) is 28.5 Å². The number of amides is 1. The molecule has 1 amide bonds. The smallest absolute Gasteiger partial charge is 0.416 e. The van der Waals surface area contributed by atoms with Crippen molar-refractivity contribution in [1.29, 1.82) is 0 Å². The minimum absolute atomic E-state index is 0.0756. The van der Waals surface area contributed by atoms with Crippen LogP contribution in [0.4, 0.5) is 13.2 Å². The molecule has 1 N–H and O–H groups in total. The highest BCUT2D eigenvalue weighted by Gasteiger charge is 2.31. The van der Waals surface area contributed by atoms with Gasteiger partial charge in [-0.05, 0) is 32.0 Å². The van der Waals surface area contributed by atoms with Gasteiger partial charge in [0.25, 0.3) is 11.8 Å². The van der Waals surface area contributed by atoms with E-state index in [1.165, 1.54) is 16.8 Å². The lowest BCUT2D eigenvalue weighted by atomic mass is 10.2. The van der Waals surface area contributed by atoms with Gasteiger partial charge in [-0.15, -0.1) is 5.10 Å². The van der Waals surface area contributed by atoms with E-state index in [4.69, 9.17) is 9.57 Å². The average molecular weight is 343 g/mol. The van der Waals surface area contributed by atoms with Crippen LogP contribution in [0.25, 0.3) is 0 Å². The minimum atomic E-state index is -4.49. The van der Waals surface area contributed by atoms with Crippen LogP contribution in [-0.4, -0.2) is 22.3 Å². The third-order valence-corrected chi connectivity index (χ3v) is 3.21. The Morgan fingerprint density at radius 1 is 1.38 bits per heavy atom. The Labute approximate surface area is 136 Å². The molecule has 2 rings (SSSR count). The lowest BCUT2D eigenvalue weighted by molar-refractivity contribution is -0.137. The first-order chi connectivity index (χ1) is 11.2. The maximum Gasteiger partial charge on any atom is 0.416 e. The number of carbonyl (C=O) groups excluding carboxylic acids is 1. The molecule has 24 heavy (non-hydrogen) atoms. The van der Waals surface area contributed by atoms with Crippen molar-refractivity contribution in [3.05, 3.63) is 41.1 Å². The summed E-state index contributed by atoms with van der Waals surface area (Å²) in [4.78, 5) is 17.0. The van der Waals surface area contributed by atoms with Crippen LogP contribution >= 0.6 is 0 Å². The zero-order valence-corrected chi connectivity index (χ0v) is 13.3. The Bertz CT molecular complexity index is 741. The Hall–Kier alpha value is -2.55. The SMILES string of the molecule is CCONC(=O)c1c(Oc2cccc(C(F)(F)F)c2)nn(C)c1C. The van der Waals surface area contributed by atoms with Crippen molar-refractivity contribution < 1.29 is 27.5 Å². The van der Waals surface area contributed by atoms with Gasteiger partial charge in [0.05, 0.1) is 17.9 Å². The van der Waals surface area contributed by atoms with Gasteiger partial charge in [0.1, 0.15) is 11.3 Å². The van der Waals surface area contributed by atoms with Crippen LogP contribution in [0.5, 0.6) is 11.6 Å². The molecule has 1 heterocycles. The predicted molar refractivity (Wildman–Crippen MR) is 78.6 cm³/mol. The first-order valence-electron chi connectivity index (χ1n) is 7.05. The van der Waals surface area contributed by atoms with Gasteiger partial charge in [-0.2, -0.15) is 13.2 Å². The van der Waals surface area contributed by atoms with E-state index in [9.17, 15) is 18.0 Å². The van der Waals surface area contributed by atoms with Crippen molar-refractivity contribution in [2.24, 2.45) is 7.05 Å². The molecule has 0 aliphatic rings. The molecule has 0 saturated heterocycles. The van der Waals surface area contributed by atoms with E-state index in [0.717, 1.165) is 12.1 Å². The third kappa shape index (κ3) is 3.85. The lowest BCUT2D eigenvalue weighted by Crippen LogP contribution is -2.24. The van der Waals surface area contributed by atoms with E-state index in [1.807, 2.05) is 0 Å². The van der Waals surface area contributed by atoms with Crippen LogP contribution in [0.3, 0.4) is 0 Å². The molecule has 0 radical (unpaired) electrons. The first kappa shape index (κ1) is 17.8. The second-order valence-electron chi connectivity index (χ2n) is 4.88. The number of ether oxygens (including phenoxy) is 1. The average Bonchev–Trinajstić information content (AvgIpc) is 2.79. The maximum atomic E-state index is 12.8. The number of halogens is 3. The number of nitrogens with one attached hydrogen (secondary N) is 1. The Kier molecular flexibility index (Phi) is 5.13. The fraction of sp³-hybridized carbons (Fsp3) is 0.333. The Morgan fingerprint density at radius 3 is 2.71 bits per heavy atom. The zero-order chi connectivity index (χ0) is 17.9. The van der Waals surface area contributed by atoms with Gasteiger partial charge in [-0.3, -0.25) is 14.3 Å². The minimum Gasteiger partial charge on any atom is -0.437 e. The van der Waals surface area contributed by atoms with Crippen LogP contribution in [-0.2, 0) is 18.1 Å². The summed E-state index contributed by atoms with van der Waals surface area (Å²) < 4.78 is 45.1. The van der Waals surface area contributed by atoms with Gasteiger partial charge in [-0.25, -0.2) is 5.48 Å². The first-order valence-corrected chi connectivity index (χ1v) is 7.05. The number of hydrogen-bond donors (Lipinski definition) is 1. The maximum absolute atomic E-state index is 12.8. The summed E-state index contributed by atoms with van der Waals surface area (Å²) in [5.41, 5.74) is 1.93. The van der Waals surface area contributed by atoms with E-state index in [0.29, 0.717) is 5.69 Å². The number of alkyl halides is 3. The molecule has 0 atom stereocenters. The Morgan fingerprint density at radius 2 is 2.08 bits per heavy atom. The summed E-state index contributed by atoms with van der Waals surface area (Å²) in [6.07, 6.45) is -4.49. The molecule has 130 valence electrons. The van der Waals surface area contributed by atoms with Crippen molar-refractivity contribution in [3.8, 4) is 11.6 Å². The fourth-order valence-electron chi connectivity index (χ4n) is 1.95. The molecule has 0 unspecified atom stereocenters. The largest absolute Gasteiger partial charge is 0.437 e. The zero-order valence-electron chi connectivity index (χ0n) is 13.3. The highest BCUT2D eigenvalue weighted by atomic mass is 19.4. The molecule has 1 aromatic carbocycles. The summed E-state index contributed by atoms with van der Waals surface area (Å²) in [5, 5.41) is 4.02. The van der Waals surface area contributed by atoms with Crippen LogP contribution in [0.2, 0.25) is 0 Å². The molecule has 0 spiro atoms. The van der Waals surface area contributed by atoms with Gasteiger partial charge >= 0.3 is 6.18 Å². The van der Waals surface area contributed by atoms with Crippen LogP contribution in [0, 0.1) is 6.92 Å². The molecular weight excluding hydrogens is 327 g/mol. The van der Waals surface area contributed by atoms with E-state index in [2.05, 4.69) is 10.6 Å². The molecule has 0 aliphatic carbocycles. The summed E-state index contributed by atoms with van der Waals surface area (Å²) in [6, 6.07) is 4.34. The molecule has 0 saturated carbocycles. The van der Waals surface area contributed by atoms with Crippen molar-refractivity contribution in [1.82, 2.24) is 15.3 Å². The highest BCUT2D eigenvalue weighted by molar-refractivity contribution is 5.97. The van der Waals surface area contributed by atoms with E-state index >= 15 is 0 Å². The number of nitrogens with zero attached hydrogens (tertiary/aromatic N) is 2. The van der Waals surface area contributed by atoms with Gasteiger partial charge in [0.2, 0.25) is 0 Å². The lowest BCUT2D eigenvalue weighted by Gasteiger charge is -2.10. The molecule has 0 fully saturated rings. The molecular formula is C15H16F3N3O3. The van der Waals surface area contributed by atoms with Gasteiger partial charge < -0.3 is 4.74 Å². The molecule has 0 aliphatic heterocycles. The van der Waals surface area contributed by atoms with Crippen molar-refractivity contribution >= 4 is 5.91 Å². The number of carbonyl (C=O) groups is 1. The number of rotatable bonds is 5. The quantitative estimate of drug-likeness (QED) is 0.847. The van der Waals surface area contributed by atoms with Crippen LogP contribution in [0.15, 0.2) is 24.3 Å². The molecule has 9 heteroatoms. The predicted octanol–water partition coefficient (Wildman–Crippen LogP) is 3.22. The van der Waals surface area contributed by atoms with Crippen molar-refractivity contribution in [3.63, 3.8) is 0 Å². The second kappa shape index (κ2) is 6.91. The normalized spacial score (nSPS) is 11.4. The van der Waals surface area contributed by atoms with E-state index in [1.54, 1.807) is 20.9 Å². The van der Waals surface area contributed by atoms with Gasteiger partial charge in [-0.1, -0.05) is 6.07 Å². The molecule has 1 aromatic heterocycles. The molecule has 6 nitrogen and oxygen atoms in total. The molecule has 2 aromatic rings. The fourth-order valence-corrected chi connectivity index (χ4v) is 1.95. The summed E-state index contributed by atoms with van der Waals surface area (Å²) >= 11 is 0. The second-order valence-corrected chi connectivity index (χ2v) is 4.88. The summed E-state index contributed by atoms with van der Waals surface area (Å²) in [5.74, 6) is -0.774. The van der Waals surface area contributed by atoms with Gasteiger partial charge in [0, 0.05) is 7.05 Å². The standard InChI is InChI=1S/C15H16F3N3O3/c1-4-23-20-13(22)12-9(2)21(3)19-14(12)24-11-7-5-6-10(8-11)15(16,17)18/h5-8H,4H2,1-3H3,(H,20,22). The number of hydroxylamine groups is 1. The Balaban J connectivity index is 2.33. The van der Waals surface area contributed by atoms with Gasteiger partial charge in [0.15, 0.2) is 0 Å². The van der Waals surface area contributed by atoms with Crippen molar-refractivity contribution in [2.75, 3.05) is 6.61 Å². The summed E-state index contributed by atoms with van der Waals surface area (Å²) in [7, 11) is 1.59. The summed E-state index contributed by atoms with van der Waals surface area (Å²) in [6.45, 7) is 3.58. The van der Waals surface area contributed by atoms with E-state index < -0.39 is 17.6 Å². The van der Waals surface area contributed by atoms with E-state index in [-0.39, 0.29) is 23.8 Å². The number of hydrogen-bond acceptors (Lipinski definition) is 4.